The van der Waals surface area contributed by atoms with Crippen LogP contribution in [0.5, 0.6) is 5.75 Å². The molecule has 0 spiro atoms. The Bertz CT molecular complexity index is 1240. The first-order valence-corrected chi connectivity index (χ1v) is 9.88. The van der Waals surface area contributed by atoms with E-state index in [-0.39, 0.29) is 29.2 Å². The lowest BCUT2D eigenvalue weighted by atomic mass is 10.1. The van der Waals surface area contributed by atoms with Crippen molar-refractivity contribution in [3.63, 3.8) is 0 Å². The van der Waals surface area contributed by atoms with Crippen LogP contribution in [0.25, 0.3) is 6.08 Å². The fourth-order valence-corrected chi connectivity index (χ4v) is 3.33. The molecule has 1 aliphatic heterocycles. The molecule has 8 nitrogen and oxygen atoms in total. The molecule has 1 N–H and O–H groups in total. The quantitative estimate of drug-likeness (QED) is 0.262. The Kier molecular flexibility index (Phi) is 5.87. The van der Waals surface area contributed by atoms with Gasteiger partial charge in [0.1, 0.15) is 17.9 Å². The number of rotatable bonds is 6. The summed E-state index contributed by atoms with van der Waals surface area (Å²) in [6.07, 6.45) is 1.29. The first kappa shape index (κ1) is 21.1. The number of hydrogen-bond acceptors (Lipinski definition) is 5. The number of nitro benzene ring substituents is 1. The van der Waals surface area contributed by atoms with Crippen LogP contribution in [0.3, 0.4) is 0 Å². The average molecular weight is 450 g/mol. The molecule has 1 heterocycles. The lowest BCUT2D eigenvalue weighted by Gasteiger charge is -2.14. The Hall–Kier alpha value is -4.17. The predicted molar refractivity (Wildman–Crippen MR) is 119 cm³/mol. The van der Waals surface area contributed by atoms with Crippen molar-refractivity contribution in [3.05, 3.63) is 105 Å². The molecule has 2 amide bonds. The van der Waals surface area contributed by atoms with E-state index in [1.54, 1.807) is 48.5 Å². The van der Waals surface area contributed by atoms with Gasteiger partial charge in [0.15, 0.2) is 0 Å². The van der Waals surface area contributed by atoms with Gasteiger partial charge in [-0.2, -0.15) is 0 Å². The number of benzene rings is 3. The first-order valence-electron chi connectivity index (χ1n) is 9.51. The molecule has 0 radical (unpaired) electrons. The third-order valence-corrected chi connectivity index (χ3v) is 5.12. The van der Waals surface area contributed by atoms with E-state index in [0.717, 1.165) is 10.6 Å². The van der Waals surface area contributed by atoms with E-state index in [0.29, 0.717) is 10.7 Å². The lowest BCUT2D eigenvalue weighted by molar-refractivity contribution is -0.384. The summed E-state index contributed by atoms with van der Waals surface area (Å²) in [5.41, 5.74) is 3.56. The van der Waals surface area contributed by atoms with E-state index in [4.69, 9.17) is 16.3 Å². The Morgan fingerprint density at radius 2 is 1.75 bits per heavy atom. The maximum absolute atomic E-state index is 12.9. The van der Waals surface area contributed by atoms with Crippen LogP contribution < -0.4 is 15.2 Å². The molecule has 0 unspecified atom stereocenters. The van der Waals surface area contributed by atoms with Gasteiger partial charge in [0.05, 0.1) is 10.6 Å². The normalized spacial score (nSPS) is 14.5. The molecule has 160 valence electrons. The number of nitrogens with one attached hydrogen (secondary N) is 1. The monoisotopic (exact) mass is 449 g/mol. The highest BCUT2D eigenvalue weighted by molar-refractivity contribution is 6.32. The van der Waals surface area contributed by atoms with Crippen molar-refractivity contribution in [3.8, 4) is 5.75 Å². The molecule has 4 rings (SSSR count). The van der Waals surface area contributed by atoms with Gasteiger partial charge in [0, 0.05) is 28.3 Å². The van der Waals surface area contributed by atoms with E-state index in [1.807, 2.05) is 6.07 Å². The number of para-hydroxylation sites is 1. The van der Waals surface area contributed by atoms with Gasteiger partial charge < -0.3 is 4.74 Å². The third-order valence-electron chi connectivity index (χ3n) is 4.75. The van der Waals surface area contributed by atoms with Gasteiger partial charge in [0.25, 0.3) is 17.5 Å². The van der Waals surface area contributed by atoms with Crippen molar-refractivity contribution in [2.45, 2.75) is 6.61 Å². The van der Waals surface area contributed by atoms with Gasteiger partial charge in [-0.25, -0.2) is 5.01 Å². The van der Waals surface area contributed by atoms with Crippen molar-refractivity contribution in [2.75, 3.05) is 5.01 Å². The number of non-ortho nitro benzene ring substituents is 1. The molecule has 0 aromatic heterocycles. The van der Waals surface area contributed by atoms with Gasteiger partial charge in [0.2, 0.25) is 0 Å². The highest BCUT2D eigenvalue weighted by Crippen LogP contribution is 2.30. The number of halogens is 1. The summed E-state index contributed by atoms with van der Waals surface area (Å²) in [5, 5.41) is 12.9. The smallest absolute Gasteiger partial charge is 0.282 e. The largest absolute Gasteiger partial charge is 0.488 e. The number of nitrogens with zero attached hydrogens (tertiary/aromatic N) is 2. The highest BCUT2D eigenvalue weighted by atomic mass is 35.5. The summed E-state index contributed by atoms with van der Waals surface area (Å²) in [6, 6.07) is 19.7. The van der Waals surface area contributed by atoms with Crippen LogP contribution in [-0.4, -0.2) is 16.7 Å². The second kappa shape index (κ2) is 8.91. The molecular weight excluding hydrogens is 434 g/mol. The van der Waals surface area contributed by atoms with Crippen molar-refractivity contribution in [1.82, 2.24) is 5.43 Å². The topological polar surface area (TPSA) is 102 Å². The van der Waals surface area contributed by atoms with Crippen LogP contribution in [0, 0.1) is 10.1 Å². The van der Waals surface area contributed by atoms with Gasteiger partial charge in [-0.3, -0.25) is 25.1 Å². The Morgan fingerprint density at radius 3 is 2.47 bits per heavy atom. The minimum absolute atomic E-state index is 0.101. The summed E-state index contributed by atoms with van der Waals surface area (Å²) in [6.45, 7) is 0.101. The highest BCUT2D eigenvalue weighted by Gasteiger charge is 2.34. The van der Waals surface area contributed by atoms with Crippen LogP contribution in [-0.2, 0) is 16.2 Å². The van der Waals surface area contributed by atoms with Gasteiger partial charge in [-0.15, -0.1) is 0 Å². The van der Waals surface area contributed by atoms with Crippen molar-refractivity contribution in [2.24, 2.45) is 0 Å². The number of anilines is 1. The molecular formula is C23H16ClN3O5. The fraction of sp³-hybridized carbons (Fsp3) is 0.0435. The zero-order valence-corrected chi connectivity index (χ0v) is 17.3. The standard InChI is InChI=1S/C23H16ClN3O5/c24-20-9-5-4-6-15(20)14-32-21-11-10-18(27(30)31)12-16(21)13-19-22(28)25-26(23(19)29)17-7-2-1-3-8-17/h1-13H,14H2,(H,25,28)/b19-13-. The first-order chi connectivity index (χ1) is 15.4. The fourth-order valence-electron chi connectivity index (χ4n) is 3.14. The zero-order valence-electron chi connectivity index (χ0n) is 16.5. The minimum Gasteiger partial charge on any atom is -0.488 e. The number of hydrazine groups is 1. The molecule has 0 bridgehead atoms. The van der Waals surface area contributed by atoms with Crippen LogP contribution >= 0.6 is 11.6 Å². The molecule has 0 saturated carbocycles. The van der Waals surface area contributed by atoms with Gasteiger partial charge in [-0.05, 0) is 30.3 Å². The maximum atomic E-state index is 12.9. The van der Waals surface area contributed by atoms with Crippen LogP contribution in [0.1, 0.15) is 11.1 Å². The van der Waals surface area contributed by atoms with Crippen LogP contribution in [0.2, 0.25) is 5.02 Å². The van der Waals surface area contributed by atoms with E-state index >= 15 is 0 Å². The van der Waals surface area contributed by atoms with Gasteiger partial charge in [-0.1, -0.05) is 48.0 Å². The van der Waals surface area contributed by atoms with Crippen molar-refractivity contribution < 1.29 is 19.2 Å². The zero-order chi connectivity index (χ0) is 22.7. The van der Waals surface area contributed by atoms with E-state index in [1.165, 1.54) is 24.3 Å². The summed E-state index contributed by atoms with van der Waals surface area (Å²) in [7, 11) is 0. The summed E-state index contributed by atoms with van der Waals surface area (Å²) in [4.78, 5) is 36.1. The Balaban J connectivity index is 1.68. The molecule has 0 aliphatic carbocycles. The molecule has 1 saturated heterocycles. The summed E-state index contributed by atoms with van der Waals surface area (Å²) < 4.78 is 5.82. The molecule has 32 heavy (non-hydrogen) atoms. The van der Waals surface area contributed by atoms with Crippen LogP contribution in [0.15, 0.2) is 78.4 Å². The molecule has 0 atom stereocenters. The Labute approximate surface area is 187 Å². The van der Waals surface area contributed by atoms with E-state index < -0.39 is 16.7 Å². The molecule has 1 aliphatic rings. The summed E-state index contributed by atoms with van der Waals surface area (Å²) in [5.74, 6) is -0.936. The minimum atomic E-state index is -0.623. The second-order valence-electron chi connectivity index (χ2n) is 6.83. The maximum Gasteiger partial charge on any atom is 0.282 e. The third kappa shape index (κ3) is 4.30. The molecule has 9 heteroatoms. The number of carbonyl (C=O) groups excluding carboxylic acids is 2. The van der Waals surface area contributed by atoms with Crippen molar-refractivity contribution in [1.29, 1.82) is 0 Å². The van der Waals surface area contributed by atoms with Crippen molar-refractivity contribution >= 4 is 40.9 Å². The predicted octanol–water partition coefficient (Wildman–Crippen LogP) is 4.29. The molecule has 3 aromatic carbocycles. The summed E-state index contributed by atoms with van der Waals surface area (Å²) >= 11 is 6.16. The number of amides is 2. The number of ether oxygens (including phenoxy) is 1. The van der Waals surface area contributed by atoms with E-state index in [2.05, 4.69) is 5.43 Å². The molecule has 1 fully saturated rings. The molecule has 3 aromatic rings. The lowest BCUT2D eigenvalue weighted by Crippen LogP contribution is -2.35. The van der Waals surface area contributed by atoms with Gasteiger partial charge >= 0.3 is 0 Å². The van der Waals surface area contributed by atoms with E-state index in [9.17, 15) is 19.7 Å². The number of carbonyl (C=O) groups is 2. The number of hydrogen-bond donors (Lipinski definition) is 1. The van der Waals surface area contributed by atoms with Crippen LogP contribution in [0.4, 0.5) is 11.4 Å². The SMILES string of the molecule is O=C1NN(c2ccccc2)C(=O)/C1=C\c1cc([N+](=O)[O-])ccc1OCc1ccccc1Cl. The second-order valence-corrected chi connectivity index (χ2v) is 7.24. The number of nitro groups is 1. The Morgan fingerprint density at radius 1 is 1.03 bits per heavy atom. The average Bonchev–Trinajstić information content (AvgIpc) is 3.08.